The van der Waals surface area contributed by atoms with Gasteiger partial charge in [0.1, 0.15) is 0 Å². The van der Waals surface area contributed by atoms with Crippen LogP contribution in [0.15, 0.2) is 11.1 Å². The third-order valence-electron chi connectivity index (χ3n) is 1.97. The topological polar surface area (TPSA) is 58.9 Å². The van der Waals surface area contributed by atoms with Crippen molar-refractivity contribution < 1.29 is 19.0 Å². The van der Waals surface area contributed by atoms with Crippen LogP contribution in [0.2, 0.25) is 0 Å². The Bertz CT molecular complexity index is 425. The zero-order valence-corrected chi connectivity index (χ0v) is 8.37. The molecule has 0 unspecified atom stereocenters. The summed E-state index contributed by atoms with van der Waals surface area (Å²) in [5.41, 5.74) is 0.710. The van der Waals surface area contributed by atoms with Crippen molar-refractivity contribution in [3.8, 4) is 11.5 Å². The fourth-order valence-electron chi connectivity index (χ4n) is 1.32. The van der Waals surface area contributed by atoms with Crippen LogP contribution >= 0.6 is 0 Å². The molecule has 0 radical (unpaired) electrons. The van der Waals surface area contributed by atoms with E-state index in [0.717, 1.165) is 0 Å². The van der Waals surface area contributed by atoms with Crippen LogP contribution in [0.5, 0.6) is 11.5 Å². The van der Waals surface area contributed by atoms with Gasteiger partial charge in [-0.1, -0.05) is 0 Å². The molecule has 0 spiro atoms. The number of hydrogen-bond donors (Lipinski definition) is 1. The molecule has 80 valence electrons. The van der Waals surface area contributed by atoms with Crippen LogP contribution < -0.4 is 4.74 Å². The molecule has 0 heterocycles. The molecule has 1 N–H and O–H groups in total. The van der Waals surface area contributed by atoms with Gasteiger partial charge in [0.05, 0.1) is 13.7 Å². The predicted octanol–water partition coefficient (Wildman–Crippen LogP) is 1.68. The fraction of sp³-hybridized carbons (Fsp3) is 0.300. The first kappa shape index (κ1) is 11.2. The van der Waals surface area contributed by atoms with Gasteiger partial charge in [0.25, 0.3) is 0 Å². The van der Waals surface area contributed by atoms with Crippen LogP contribution in [0.1, 0.15) is 11.1 Å². The number of halogens is 1. The van der Waals surface area contributed by atoms with E-state index in [-0.39, 0.29) is 17.9 Å². The number of carbonyl (C=O) groups excluding carboxylic acids is 1. The Morgan fingerprint density at radius 2 is 2.33 bits per heavy atom. The lowest BCUT2D eigenvalue weighted by atomic mass is 10.1. The van der Waals surface area contributed by atoms with E-state index in [1.807, 2.05) is 0 Å². The van der Waals surface area contributed by atoms with Gasteiger partial charge in [-0.25, -0.2) is 14.2 Å². The van der Waals surface area contributed by atoms with E-state index in [9.17, 15) is 14.3 Å². The quantitative estimate of drug-likeness (QED) is 0.611. The highest BCUT2D eigenvalue weighted by atomic mass is 19.1. The summed E-state index contributed by atoms with van der Waals surface area (Å²) in [5.74, 6) is -1.30. The Morgan fingerprint density at radius 1 is 1.67 bits per heavy atom. The number of rotatable bonds is 3. The van der Waals surface area contributed by atoms with Crippen molar-refractivity contribution in [3.05, 3.63) is 23.0 Å². The SMILES string of the molecule is COc1c(C)cc(CN=C=O)c(F)c1O. The Balaban J connectivity index is 3.26. The lowest BCUT2D eigenvalue weighted by Crippen LogP contribution is -1.96. The maximum Gasteiger partial charge on any atom is 0.235 e. The van der Waals surface area contributed by atoms with Gasteiger partial charge in [-0.05, 0) is 18.6 Å². The Labute approximate surface area is 86.0 Å². The molecule has 1 aromatic rings. The average Bonchev–Trinajstić information content (AvgIpc) is 2.22. The zero-order chi connectivity index (χ0) is 11.4. The summed E-state index contributed by atoms with van der Waals surface area (Å²) in [6.45, 7) is 1.51. The monoisotopic (exact) mass is 211 g/mol. The highest BCUT2D eigenvalue weighted by molar-refractivity contribution is 5.49. The van der Waals surface area contributed by atoms with Gasteiger partial charge in [0, 0.05) is 5.56 Å². The minimum absolute atomic E-state index is 0.0892. The van der Waals surface area contributed by atoms with Crippen molar-refractivity contribution in [1.82, 2.24) is 0 Å². The Hall–Kier alpha value is -1.87. The standard InChI is InChI=1S/C10H10FNO3/c1-6-3-7(4-12-5-13)8(11)9(14)10(6)15-2/h3,14H,4H2,1-2H3. The van der Waals surface area contributed by atoms with E-state index < -0.39 is 11.6 Å². The average molecular weight is 211 g/mol. The Kier molecular flexibility index (Phi) is 3.42. The molecule has 0 saturated carbocycles. The largest absolute Gasteiger partial charge is 0.502 e. The van der Waals surface area contributed by atoms with Crippen molar-refractivity contribution in [2.45, 2.75) is 13.5 Å². The minimum Gasteiger partial charge on any atom is -0.502 e. The van der Waals surface area contributed by atoms with Crippen molar-refractivity contribution in [2.75, 3.05) is 7.11 Å². The molecule has 0 atom stereocenters. The fourth-order valence-corrected chi connectivity index (χ4v) is 1.32. The molecule has 0 aromatic heterocycles. The summed E-state index contributed by atoms with van der Waals surface area (Å²) in [7, 11) is 1.34. The van der Waals surface area contributed by atoms with E-state index in [1.54, 1.807) is 6.92 Å². The van der Waals surface area contributed by atoms with Crippen LogP contribution in [-0.2, 0) is 11.3 Å². The van der Waals surface area contributed by atoms with Crippen molar-refractivity contribution in [1.29, 1.82) is 0 Å². The molecule has 1 aromatic carbocycles. The first-order valence-corrected chi connectivity index (χ1v) is 4.20. The normalized spacial score (nSPS) is 9.53. The smallest absolute Gasteiger partial charge is 0.235 e. The number of isocyanates is 1. The molecule has 0 amide bonds. The molecular formula is C10H10FNO3. The minimum atomic E-state index is -0.823. The van der Waals surface area contributed by atoms with Crippen LogP contribution in [0.4, 0.5) is 4.39 Å². The van der Waals surface area contributed by atoms with Gasteiger partial charge in [0.15, 0.2) is 17.3 Å². The molecule has 0 aliphatic carbocycles. The van der Waals surface area contributed by atoms with Crippen LogP contribution in [0, 0.1) is 12.7 Å². The third kappa shape index (κ3) is 2.14. The van der Waals surface area contributed by atoms with Gasteiger partial charge in [0.2, 0.25) is 6.08 Å². The van der Waals surface area contributed by atoms with Crippen molar-refractivity contribution in [3.63, 3.8) is 0 Å². The second-order valence-electron chi connectivity index (χ2n) is 2.96. The molecule has 1 rings (SSSR count). The number of phenolic OH excluding ortho intramolecular Hbond substituents is 1. The highest BCUT2D eigenvalue weighted by Gasteiger charge is 2.15. The number of ether oxygens (including phenoxy) is 1. The summed E-state index contributed by atoms with van der Waals surface area (Å²) in [4.78, 5) is 13.1. The number of aliphatic imine (C=N–C) groups is 1. The van der Waals surface area contributed by atoms with E-state index in [0.29, 0.717) is 5.56 Å². The van der Waals surface area contributed by atoms with E-state index in [1.165, 1.54) is 19.3 Å². The van der Waals surface area contributed by atoms with Gasteiger partial charge in [-0.3, -0.25) is 0 Å². The first-order chi connectivity index (χ1) is 7.11. The number of hydrogen-bond acceptors (Lipinski definition) is 4. The van der Waals surface area contributed by atoms with Gasteiger partial charge in [-0.2, -0.15) is 0 Å². The number of methoxy groups -OCH3 is 1. The summed E-state index contributed by atoms with van der Waals surface area (Å²) < 4.78 is 18.3. The van der Waals surface area contributed by atoms with Crippen LogP contribution in [0.3, 0.4) is 0 Å². The molecular weight excluding hydrogens is 201 g/mol. The number of aromatic hydroxyl groups is 1. The van der Waals surface area contributed by atoms with Crippen LogP contribution in [0.25, 0.3) is 0 Å². The highest BCUT2D eigenvalue weighted by Crippen LogP contribution is 2.34. The summed E-state index contributed by atoms with van der Waals surface area (Å²) in [6, 6.07) is 1.47. The molecule has 0 saturated heterocycles. The lowest BCUT2D eigenvalue weighted by molar-refractivity contribution is 0.353. The van der Waals surface area contributed by atoms with E-state index >= 15 is 0 Å². The molecule has 15 heavy (non-hydrogen) atoms. The molecule has 0 fully saturated rings. The van der Waals surface area contributed by atoms with Gasteiger partial charge in [-0.15, -0.1) is 0 Å². The third-order valence-corrected chi connectivity index (χ3v) is 1.97. The van der Waals surface area contributed by atoms with Crippen LogP contribution in [-0.4, -0.2) is 18.3 Å². The lowest BCUT2D eigenvalue weighted by Gasteiger charge is -2.10. The number of nitrogens with zero attached hydrogens (tertiary/aromatic N) is 1. The van der Waals surface area contributed by atoms with Crippen molar-refractivity contribution in [2.24, 2.45) is 4.99 Å². The molecule has 0 bridgehead atoms. The maximum atomic E-state index is 13.4. The molecule has 4 nitrogen and oxygen atoms in total. The van der Waals surface area contributed by atoms with Gasteiger partial charge < -0.3 is 9.84 Å². The summed E-state index contributed by atoms with van der Waals surface area (Å²) in [6.07, 6.45) is 1.31. The second kappa shape index (κ2) is 4.57. The van der Waals surface area contributed by atoms with E-state index in [2.05, 4.69) is 4.99 Å². The zero-order valence-electron chi connectivity index (χ0n) is 8.37. The molecule has 5 heteroatoms. The predicted molar refractivity (Wildman–Crippen MR) is 51.2 cm³/mol. The number of aryl methyl sites for hydroxylation is 1. The maximum absolute atomic E-state index is 13.4. The molecule has 0 aliphatic rings. The van der Waals surface area contributed by atoms with Gasteiger partial charge >= 0.3 is 0 Å². The summed E-state index contributed by atoms with van der Waals surface area (Å²) in [5, 5.41) is 9.42. The summed E-state index contributed by atoms with van der Waals surface area (Å²) >= 11 is 0. The van der Waals surface area contributed by atoms with E-state index in [4.69, 9.17) is 4.74 Å². The second-order valence-corrected chi connectivity index (χ2v) is 2.96. The van der Waals surface area contributed by atoms with Crippen molar-refractivity contribution >= 4 is 6.08 Å². The Morgan fingerprint density at radius 3 is 2.87 bits per heavy atom. The number of benzene rings is 1. The molecule has 0 aliphatic heterocycles. The first-order valence-electron chi connectivity index (χ1n) is 4.20. The number of phenols is 1.